The average molecular weight is 717 g/mol. The standard InChI is InChI=1S/C54H40N2/c1-3-14-39(15-4-1)41-26-32-46(33-27-41)55(47-34-28-42(29-35-47)45-19-13-18-44(38-45)40-16-5-2-6-17-40)48-36-30-43(31-37-48)49-20-7-10-23-52(49)56-53-24-11-8-21-50(53)51-22-9-12-25-54(51)56/h1-38,50,53H. The van der Waals surface area contributed by atoms with Crippen LogP contribution in [0.3, 0.4) is 0 Å². The highest BCUT2D eigenvalue weighted by Crippen LogP contribution is 2.50. The lowest BCUT2D eigenvalue weighted by molar-refractivity contribution is 0.745. The maximum Gasteiger partial charge on any atom is 0.0629 e. The fraction of sp³-hybridized carbons (Fsp3) is 0.0370. The molecule has 2 aliphatic rings. The maximum absolute atomic E-state index is 2.53. The van der Waals surface area contributed by atoms with E-state index >= 15 is 0 Å². The SMILES string of the molecule is C1=CC2c3ccccc3N(c3ccccc3-c3ccc(N(c4ccc(-c5ccccc5)cc4)c4ccc(-c5cccc(-c6ccccc6)c5)cc4)cc3)C2C=C1. The fourth-order valence-electron chi connectivity index (χ4n) is 8.48. The summed E-state index contributed by atoms with van der Waals surface area (Å²) < 4.78 is 0. The van der Waals surface area contributed by atoms with Crippen molar-refractivity contribution < 1.29 is 0 Å². The van der Waals surface area contributed by atoms with Crippen LogP contribution in [0.5, 0.6) is 0 Å². The lowest BCUT2D eigenvalue weighted by atomic mass is 9.91. The van der Waals surface area contributed by atoms with Gasteiger partial charge >= 0.3 is 0 Å². The van der Waals surface area contributed by atoms with Gasteiger partial charge < -0.3 is 9.80 Å². The second-order valence-corrected chi connectivity index (χ2v) is 14.5. The van der Waals surface area contributed by atoms with Gasteiger partial charge in [0.1, 0.15) is 0 Å². The van der Waals surface area contributed by atoms with E-state index < -0.39 is 0 Å². The van der Waals surface area contributed by atoms with Gasteiger partial charge in [-0.15, -0.1) is 0 Å². The molecule has 1 aliphatic carbocycles. The van der Waals surface area contributed by atoms with Crippen molar-refractivity contribution in [2.24, 2.45) is 0 Å². The molecule has 0 amide bonds. The molecule has 1 heterocycles. The first kappa shape index (κ1) is 33.4. The molecule has 266 valence electrons. The van der Waals surface area contributed by atoms with Gasteiger partial charge in [-0.1, -0.05) is 176 Å². The molecule has 0 saturated carbocycles. The van der Waals surface area contributed by atoms with Gasteiger partial charge in [0, 0.05) is 39.9 Å². The Labute approximate surface area is 329 Å². The van der Waals surface area contributed by atoms with E-state index in [9.17, 15) is 0 Å². The molecule has 1 aliphatic heterocycles. The molecule has 0 aromatic heterocycles. The van der Waals surface area contributed by atoms with E-state index in [2.05, 4.69) is 240 Å². The molecule has 0 spiro atoms. The summed E-state index contributed by atoms with van der Waals surface area (Å²) in [6, 6.07) is 74.9. The molecule has 0 bridgehead atoms. The Kier molecular flexibility index (Phi) is 8.70. The number of hydrogen-bond donors (Lipinski definition) is 0. The highest BCUT2D eigenvalue weighted by atomic mass is 15.2. The fourth-order valence-corrected chi connectivity index (χ4v) is 8.48. The van der Waals surface area contributed by atoms with Crippen LogP contribution in [0.25, 0.3) is 44.5 Å². The summed E-state index contributed by atoms with van der Waals surface area (Å²) in [7, 11) is 0. The van der Waals surface area contributed by atoms with Crippen LogP contribution in [0.4, 0.5) is 28.4 Å². The van der Waals surface area contributed by atoms with Crippen LogP contribution in [0.15, 0.2) is 231 Å². The smallest absolute Gasteiger partial charge is 0.0629 e. The Hall–Kier alpha value is -7.16. The minimum absolute atomic E-state index is 0.246. The Morgan fingerprint density at radius 1 is 0.339 bits per heavy atom. The molecule has 2 nitrogen and oxygen atoms in total. The number of anilines is 5. The molecule has 56 heavy (non-hydrogen) atoms. The molecule has 0 fully saturated rings. The molecule has 0 radical (unpaired) electrons. The molecule has 10 rings (SSSR count). The summed E-state index contributed by atoms with van der Waals surface area (Å²) in [6.07, 6.45) is 9.06. The number of hydrogen-bond acceptors (Lipinski definition) is 2. The molecule has 2 unspecified atom stereocenters. The van der Waals surface area contributed by atoms with Crippen molar-refractivity contribution in [2.75, 3.05) is 9.80 Å². The van der Waals surface area contributed by atoms with Crippen LogP contribution in [0, 0.1) is 0 Å². The summed E-state index contributed by atoms with van der Waals surface area (Å²) in [4.78, 5) is 4.88. The zero-order valence-electron chi connectivity index (χ0n) is 31.0. The predicted octanol–water partition coefficient (Wildman–Crippen LogP) is 14.6. The van der Waals surface area contributed by atoms with Crippen LogP contribution in [-0.2, 0) is 0 Å². The van der Waals surface area contributed by atoms with E-state index in [-0.39, 0.29) is 6.04 Å². The highest BCUT2D eigenvalue weighted by Gasteiger charge is 2.37. The van der Waals surface area contributed by atoms with E-state index in [0.717, 1.165) is 17.1 Å². The number of nitrogens with zero attached hydrogens (tertiary/aromatic N) is 2. The minimum Gasteiger partial charge on any atom is -0.333 e. The first-order valence-corrected chi connectivity index (χ1v) is 19.4. The third kappa shape index (κ3) is 6.22. The third-order valence-corrected chi connectivity index (χ3v) is 11.2. The Bertz CT molecular complexity index is 2680. The Morgan fingerprint density at radius 2 is 0.786 bits per heavy atom. The van der Waals surface area contributed by atoms with Crippen molar-refractivity contribution in [2.45, 2.75) is 12.0 Å². The van der Waals surface area contributed by atoms with E-state index in [0.29, 0.717) is 5.92 Å². The Morgan fingerprint density at radius 3 is 1.41 bits per heavy atom. The Balaban J connectivity index is 1.01. The molecule has 8 aromatic rings. The number of allylic oxidation sites excluding steroid dienone is 2. The number of benzene rings is 8. The van der Waals surface area contributed by atoms with Crippen molar-refractivity contribution in [3.05, 3.63) is 236 Å². The maximum atomic E-state index is 2.53. The van der Waals surface area contributed by atoms with Crippen molar-refractivity contribution in [1.29, 1.82) is 0 Å². The molecule has 0 N–H and O–H groups in total. The molecule has 0 saturated heterocycles. The van der Waals surface area contributed by atoms with Crippen LogP contribution < -0.4 is 9.80 Å². The second kappa shape index (κ2) is 14.6. The van der Waals surface area contributed by atoms with Gasteiger partial charge in [-0.2, -0.15) is 0 Å². The minimum atomic E-state index is 0.246. The summed E-state index contributed by atoms with van der Waals surface area (Å²) in [5.74, 6) is 0.340. The largest absolute Gasteiger partial charge is 0.333 e. The molecular weight excluding hydrogens is 677 g/mol. The van der Waals surface area contributed by atoms with Gasteiger partial charge in [0.15, 0.2) is 0 Å². The van der Waals surface area contributed by atoms with Gasteiger partial charge in [0.25, 0.3) is 0 Å². The van der Waals surface area contributed by atoms with E-state index in [1.807, 2.05) is 0 Å². The first-order chi connectivity index (χ1) is 27.8. The summed E-state index contributed by atoms with van der Waals surface area (Å²) in [6.45, 7) is 0. The monoisotopic (exact) mass is 716 g/mol. The lowest BCUT2D eigenvalue weighted by Crippen LogP contribution is -2.28. The summed E-state index contributed by atoms with van der Waals surface area (Å²) >= 11 is 0. The van der Waals surface area contributed by atoms with Gasteiger partial charge in [-0.05, 0) is 99.1 Å². The van der Waals surface area contributed by atoms with Crippen LogP contribution in [0.1, 0.15) is 11.5 Å². The third-order valence-electron chi connectivity index (χ3n) is 11.2. The first-order valence-electron chi connectivity index (χ1n) is 19.4. The summed E-state index contributed by atoms with van der Waals surface area (Å²) in [5.41, 5.74) is 16.8. The normalized spacial score (nSPS) is 15.3. The lowest BCUT2D eigenvalue weighted by Gasteiger charge is -2.30. The average Bonchev–Trinajstić information content (AvgIpc) is 3.62. The predicted molar refractivity (Wildman–Crippen MR) is 236 cm³/mol. The van der Waals surface area contributed by atoms with Crippen LogP contribution >= 0.6 is 0 Å². The van der Waals surface area contributed by atoms with Gasteiger partial charge in [-0.3, -0.25) is 0 Å². The van der Waals surface area contributed by atoms with Gasteiger partial charge in [0.2, 0.25) is 0 Å². The zero-order chi connectivity index (χ0) is 37.3. The summed E-state index contributed by atoms with van der Waals surface area (Å²) in [5, 5.41) is 0. The van der Waals surface area contributed by atoms with Crippen molar-refractivity contribution in [3.63, 3.8) is 0 Å². The van der Waals surface area contributed by atoms with E-state index in [1.54, 1.807) is 0 Å². The van der Waals surface area contributed by atoms with Crippen molar-refractivity contribution in [3.8, 4) is 44.5 Å². The van der Waals surface area contributed by atoms with Crippen molar-refractivity contribution in [1.82, 2.24) is 0 Å². The highest BCUT2D eigenvalue weighted by molar-refractivity contribution is 5.88. The van der Waals surface area contributed by atoms with Gasteiger partial charge in [-0.25, -0.2) is 0 Å². The van der Waals surface area contributed by atoms with Crippen LogP contribution in [-0.4, -0.2) is 6.04 Å². The molecule has 8 aromatic carbocycles. The molecule has 2 atom stereocenters. The topological polar surface area (TPSA) is 6.48 Å². The van der Waals surface area contributed by atoms with E-state index in [4.69, 9.17) is 0 Å². The van der Waals surface area contributed by atoms with Crippen molar-refractivity contribution >= 4 is 28.4 Å². The zero-order valence-corrected chi connectivity index (χ0v) is 31.0. The molecular formula is C54H40N2. The van der Waals surface area contributed by atoms with Crippen LogP contribution in [0.2, 0.25) is 0 Å². The molecule has 2 heteroatoms. The van der Waals surface area contributed by atoms with E-state index in [1.165, 1.54) is 61.4 Å². The number of para-hydroxylation sites is 2. The number of rotatable bonds is 8. The second-order valence-electron chi connectivity index (χ2n) is 14.5. The van der Waals surface area contributed by atoms with Gasteiger partial charge in [0.05, 0.1) is 6.04 Å². The quantitative estimate of drug-likeness (QED) is 0.154. The number of fused-ring (bicyclic) bond motifs is 3.